The van der Waals surface area contributed by atoms with Crippen LogP contribution in [0.1, 0.15) is 20.7 Å². The predicted molar refractivity (Wildman–Crippen MR) is 120 cm³/mol. The van der Waals surface area contributed by atoms with Gasteiger partial charge in [0.15, 0.2) is 23.3 Å². The van der Waals surface area contributed by atoms with Gasteiger partial charge in [-0.25, -0.2) is 22.8 Å². The highest BCUT2D eigenvalue weighted by Gasteiger charge is 2.39. The van der Waals surface area contributed by atoms with Gasteiger partial charge in [-0.3, -0.25) is 0 Å². The summed E-state index contributed by atoms with van der Waals surface area (Å²) in [5.74, 6) is -4.21. The molecule has 28 heavy (non-hydrogen) atoms. The Morgan fingerprint density at radius 3 is 1.86 bits per heavy atom. The Balaban J connectivity index is 2.98. The molecule has 0 aliphatic rings. The fraction of sp³-hybridized carbons (Fsp3) is 0.250. The highest BCUT2D eigenvalue weighted by atomic mass is 127. The van der Waals surface area contributed by atoms with Gasteiger partial charge in [0.2, 0.25) is 0 Å². The first kappa shape index (κ1) is 26.4. The van der Waals surface area contributed by atoms with Crippen molar-refractivity contribution in [3.8, 4) is 0 Å². The van der Waals surface area contributed by atoms with Crippen LogP contribution in [0.4, 0.5) is 8.78 Å². The summed E-state index contributed by atoms with van der Waals surface area (Å²) >= 11 is 7.22. The third kappa shape index (κ3) is 6.16. The monoisotopic (exact) mass is 871 g/mol. The summed E-state index contributed by atoms with van der Waals surface area (Å²) in [6.07, 6.45) is 0. The van der Waals surface area contributed by atoms with Gasteiger partial charge in [-0.05, 0) is 90.4 Å². The summed E-state index contributed by atoms with van der Waals surface area (Å²) in [4.78, 5) is 35.2. The van der Waals surface area contributed by atoms with Crippen LogP contribution in [0.2, 0.25) is 0 Å². The molecular weight excluding hydrogens is 866 g/mol. The van der Waals surface area contributed by atoms with Crippen LogP contribution >= 0.6 is 90.4 Å². The number of hydrogen-bond acceptors (Lipinski definition) is 8. The molecule has 0 radical (unpaired) electrons. The van der Waals surface area contributed by atoms with E-state index in [0.717, 1.165) is 0 Å². The lowest BCUT2D eigenvalue weighted by Crippen LogP contribution is -2.35. The van der Waals surface area contributed by atoms with Crippen LogP contribution in [-0.2, 0) is 24.4 Å². The maximum absolute atomic E-state index is 12.9. The number of rotatable bonds is 7. The Hall–Kier alpha value is 0.320. The maximum atomic E-state index is 12.9. The Labute approximate surface area is 210 Å². The molecule has 0 amide bonds. The quantitative estimate of drug-likeness (QED) is 0.144. The second-order valence-corrected chi connectivity index (χ2v) is 10.5. The average Bonchev–Trinajstić information content (AvgIpc) is 2.57. The van der Waals surface area contributed by atoms with Crippen molar-refractivity contribution < 1.29 is 50.7 Å². The summed E-state index contributed by atoms with van der Waals surface area (Å²) in [5.41, 5.74) is -0.709. The zero-order valence-corrected chi connectivity index (χ0v) is 22.2. The SMILES string of the molecule is O=C(COC(=O)c1c(I)c(I)c(I)c(I)c1C(=O)O)OCC(F)(F)S(=O)(=O)[O-]. The van der Waals surface area contributed by atoms with Crippen LogP contribution in [0, 0.1) is 14.3 Å². The van der Waals surface area contributed by atoms with E-state index in [1.165, 1.54) is 0 Å². The molecule has 0 aliphatic carbocycles. The van der Waals surface area contributed by atoms with E-state index in [0.29, 0.717) is 7.14 Å². The Kier molecular flexibility index (Phi) is 9.49. The van der Waals surface area contributed by atoms with E-state index < -0.39 is 46.5 Å². The fourth-order valence-corrected chi connectivity index (χ4v) is 5.34. The largest absolute Gasteiger partial charge is 0.743 e. The molecule has 1 aromatic rings. The summed E-state index contributed by atoms with van der Waals surface area (Å²) in [5, 5.41) is 4.53. The zero-order valence-electron chi connectivity index (χ0n) is 12.8. The Morgan fingerprint density at radius 1 is 0.964 bits per heavy atom. The first-order valence-corrected chi connectivity index (χ1v) is 12.1. The molecule has 0 spiro atoms. The smallest absolute Gasteiger partial charge is 0.367 e. The minimum atomic E-state index is -6.04. The number of halogens is 6. The first-order chi connectivity index (χ1) is 12.6. The number of carbonyl (C=O) groups excluding carboxylic acids is 2. The lowest BCUT2D eigenvalue weighted by atomic mass is 10.1. The van der Waals surface area contributed by atoms with E-state index in [9.17, 15) is 41.2 Å². The molecule has 0 heterocycles. The number of carboxylic acids is 1. The van der Waals surface area contributed by atoms with Crippen LogP contribution in [0.15, 0.2) is 0 Å². The zero-order chi connectivity index (χ0) is 22.0. The second-order valence-electron chi connectivity index (χ2n) is 4.64. The molecule has 0 aromatic heterocycles. The lowest BCUT2D eigenvalue weighted by molar-refractivity contribution is -0.153. The van der Waals surface area contributed by atoms with Gasteiger partial charge in [-0.2, -0.15) is 8.78 Å². The van der Waals surface area contributed by atoms with Crippen LogP contribution in [0.5, 0.6) is 0 Å². The molecule has 0 aliphatic heterocycles. The number of carboxylic acid groups (broad SMARTS) is 1. The third-order valence-corrected chi connectivity index (χ3v) is 11.0. The highest BCUT2D eigenvalue weighted by Crippen LogP contribution is 2.33. The van der Waals surface area contributed by atoms with Crippen molar-refractivity contribution in [2.45, 2.75) is 5.25 Å². The standard InChI is InChI=1S/C12H6F2I4O9S/c13-12(14,28(23,24)25)2-27-3(19)1-26-11(22)5-4(10(20)21)6(15)8(17)9(18)7(5)16/h1-2H2,(H,20,21)(H,23,24,25)/p-1. The van der Waals surface area contributed by atoms with Gasteiger partial charge in [0.05, 0.1) is 11.1 Å². The van der Waals surface area contributed by atoms with Crippen molar-refractivity contribution in [3.63, 3.8) is 0 Å². The predicted octanol–water partition coefficient (Wildman–Crippen LogP) is 2.64. The van der Waals surface area contributed by atoms with Gasteiger partial charge in [-0.1, -0.05) is 0 Å². The maximum Gasteiger partial charge on any atom is 0.367 e. The highest BCUT2D eigenvalue weighted by molar-refractivity contribution is 14.1. The van der Waals surface area contributed by atoms with E-state index in [1.54, 1.807) is 45.2 Å². The summed E-state index contributed by atoms with van der Waals surface area (Å²) in [7, 11) is -6.04. The molecule has 1 rings (SSSR count). The van der Waals surface area contributed by atoms with Gasteiger partial charge in [-0.15, -0.1) is 0 Å². The van der Waals surface area contributed by atoms with Crippen molar-refractivity contribution in [3.05, 3.63) is 25.4 Å². The lowest BCUT2D eigenvalue weighted by Gasteiger charge is -2.19. The molecule has 0 bridgehead atoms. The van der Waals surface area contributed by atoms with Crippen molar-refractivity contribution in [2.75, 3.05) is 13.2 Å². The summed E-state index contributed by atoms with van der Waals surface area (Å²) in [6.45, 7) is -3.26. The molecule has 156 valence electrons. The van der Waals surface area contributed by atoms with E-state index >= 15 is 0 Å². The second kappa shape index (κ2) is 10.1. The van der Waals surface area contributed by atoms with Crippen LogP contribution < -0.4 is 0 Å². The van der Waals surface area contributed by atoms with E-state index in [2.05, 4.69) is 9.47 Å². The van der Waals surface area contributed by atoms with E-state index in [-0.39, 0.29) is 18.3 Å². The van der Waals surface area contributed by atoms with Gasteiger partial charge in [0.25, 0.3) is 0 Å². The fourth-order valence-electron chi connectivity index (χ4n) is 1.50. The van der Waals surface area contributed by atoms with Crippen LogP contribution in [0.3, 0.4) is 0 Å². The van der Waals surface area contributed by atoms with Crippen molar-refractivity contribution in [2.24, 2.45) is 0 Å². The van der Waals surface area contributed by atoms with Gasteiger partial charge < -0.3 is 19.1 Å². The van der Waals surface area contributed by atoms with Crippen LogP contribution in [0.25, 0.3) is 0 Å². The Morgan fingerprint density at radius 2 is 1.43 bits per heavy atom. The molecule has 0 fully saturated rings. The van der Waals surface area contributed by atoms with E-state index in [1.807, 2.05) is 45.2 Å². The van der Waals surface area contributed by atoms with Crippen molar-refractivity contribution >= 4 is 118 Å². The Bertz CT molecular complexity index is 949. The normalized spacial score (nSPS) is 11.8. The molecule has 0 atom stereocenters. The van der Waals surface area contributed by atoms with Crippen LogP contribution in [-0.4, -0.2) is 54.5 Å². The summed E-state index contributed by atoms with van der Waals surface area (Å²) in [6, 6.07) is 0. The first-order valence-electron chi connectivity index (χ1n) is 6.37. The average molecular weight is 871 g/mol. The number of benzene rings is 1. The number of hydrogen-bond donors (Lipinski definition) is 1. The topological polar surface area (TPSA) is 147 Å². The molecular formula is C12H5F2I4O9S-. The molecule has 1 aromatic carbocycles. The number of alkyl halides is 2. The van der Waals surface area contributed by atoms with Gasteiger partial charge >= 0.3 is 23.2 Å². The molecule has 0 saturated carbocycles. The third-order valence-electron chi connectivity index (χ3n) is 2.77. The summed E-state index contributed by atoms with van der Waals surface area (Å²) < 4.78 is 66.9. The number of aromatic carboxylic acids is 1. The minimum absolute atomic E-state index is 0.239. The molecule has 0 unspecified atom stereocenters. The van der Waals surface area contributed by atoms with Gasteiger partial charge in [0, 0.05) is 14.3 Å². The number of ether oxygens (including phenoxy) is 2. The molecule has 9 nitrogen and oxygen atoms in total. The van der Waals surface area contributed by atoms with E-state index in [4.69, 9.17) is 0 Å². The minimum Gasteiger partial charge on any atom is -0.743 e. The number of esters is 2. The van der Waals surface area contributed by atoms with Gasteiger partial charge in [0.1, 0.15) is 0 Å². The molecule has 0 saturated heterocycles. The molecule has 16 heteroatoms. The molecule has 1 N–H and O–H groups in total. The number of carbonyl (C=O) groups is 3. The van der Waals surface area contributed by atoms with Crippen molar-refractivity contribution in [1.29, 1.82) is 0 Å². The van der Waals surface area contributed by atoms with Crippen molar-refractivity contribution in [1.82, 2.24) is 0 Å².